The second kappa shape index (κ2) is 6.32. The van der Waals surface area contributed by atoms with E-state index < -0.39 is 21.6 Å². The number of nitrogens with zero attached hydrogens (tertiary/aromatic N) is 1. The van der Waals surface area contributed by atoms with Crippen LogP contribution in [0.3, 0.4) is 0 Å². The van der Waals surface area contributed by atoms with Crippen molar-refractivity contribution in [3.05, 3.63) is 0 Å². The Hall–Kier alpha value is -0.660. The van der Waals surface area contributed by atoms with Crippen molar-refractivity contribution < 1.29 is 22.5 Å². The molecule has 1 N–H and O–H groups in total. The third-order valence-electron chi connectivity index (χ3n) is 3.01. The lowest BCUT2D eigenvalue weighted by molar-refractivity contribution is -0.153. The van der Waals surface area contributed by atoms with Crippen molar-refractivity contribution >= 4 is 16.1 Å². The van der Waals surface area contributed by atoms with E-state index in [9.17, 15) is 13.2 Å². The summed E-state index contributed by atoms with van der Waals surface area (Å²) < 4.78 is 34.6. The van der Waals surface area contributed by atoms with Gasteiger partial charge in [-0.25, -0.2) is 0 Å². The lowest BCUT2D eigenvalue weighted by atomic mass is 9.94. The zero-order valence-electron chi connectivity index (χ0n) is 10.8. The maximum atomic E-state index is 11.7. The number of carbonyl (C=O) groups is 1. The molecular weight excluding hydrogens is 246 g/mol. The van der Waals surface area contributed by atoms with Crippen molar-refractivity contribution in [1.82, 2.24) is 4.90 Å². The summed E-state index contributed by atoms with van der Waals surface area (Å²) in [6.07, 6.45) is 0.512. The molecule has 0 rings (SSSR count). The number of carbonyl (C=O) groups excluding carboxylic acids is 1. The first kappa shape index (κ1) is 16.3. The molecule has 0 aromatic rings. The molecule has 0 heterocycles. The first-order valence-electron chi connectivity index (χ1n) is 5.42. The number of methoxy groups -OCH3 is 1. The molecule has 0 saturated heterocycles. The standard InChI is InChI=1S/C10H21NO5S/c1-5-11(3)10(2,9(12)16-4)7-6-8-17(13,14)15/h5-8H2,1-4H3,(H,13,14,15). The number of likely N-dealkylation sites (N-methyl/N-ethyl adjacent to an activating group) is 1. The van der Waals surface area contributed by atoms with Crippen LogP contribution in [0, 0.1) is 0 Å². The van der Waals surface area contributed by atoms with Gasteiger partial charge >= 0.3 is 5.97 Å². The van der Waals surface area contributed by atoms with Gasteiger partial charge in [0.15, 0.2) is 0 Å². The van der Waals surface area contributed by atoms with Crippen molar-refractivity contribution in [2.75, 3.05) is 26.5 Å². The maximum Gasteiger partial charge on any atom is 0.325 e. The molecule has 6 nitrogen and oxygen atoms in total. The van der Waals surface area contributed by atoms with Crippen LogP contribution in [-0.2, 0) is 19.6 Å². The Bertz CT molecular complexity index is 354. The van der Waals surface area contributed by atoms with Gasteiger partial charge in [-0.3, -0.25) is 14.2 Å². The Labute approximate surface area is 103 Å². The van der Waals surface area contributed by atoms with Gasteiger partial charge in [-0.2, -0.15) is 8.42 Å². The van der Waals surface area contributed by atoms with Crippen LogP contribution in [0.2, 0.25) is 0 Å². The molecule has 0 fully saturated rings. The highest BCUT2D eigenvalue weighted by molar-refractivity contribution is 7.85. The second-order valence-electron chi connectivity index (χ2n) is 4.17. The number of esters is 1. The number of ether oxygens (including phenoxy) is 1. The van der Waals surface area contributed by atoms with Crippen LogP contribution in [-0.4, -0.2) is 55.8 Å². The highest BCUT2D eigenvalue weighted by Crippen LogP contribution is 2.21. The highest BCUT2D eigenvalue weighted by atomic mass is 32.2. The third-order valence-corrected chi connectivity index (χ3v) is 3.81. The zero-order valence-corrected chi connectivity index (χ0v) is 11.6. The van der Waals surface area contributed by atoms with E-state index in [-0.39, 0.29) is 12.2 Å². The van der Waals surface area contributed by atoms with Gasteiger partial charge in [-0.15, -0.1) is 0 Å². The summed E-state index contributed by atoms with van der Waals surface area (Å²) in [5, 5.41) is 0. The average molecular weight is 267 g/mol. The molecule has 0 bridgehead atoms. The van der Waals surface area contributed by atoms with E-state index in [1.165, 1.54) is 7.11 Å². The van der Waals surface area contributed by atoms with Gasteiger partial charge in [0.25, 0.3) is 10.1 Å². The molecule has 0 aromatic carbocycles. The van der Waals surface area contributed by atoms with E-state index in [0.29, 0.717) is 13.0 Å². The molecule has 0 radical (unpaired) electrons. The SMILES string of the molecule is CCN(C)C(C)(CCCS(=O)(=O)O)C(=O)OC. The zero-order chi connectivity index (χ0) is 13.7. The van der Waals surface area contributed by atoms with E-state index in [1.807, 2.05) is 6.92 Å². The summed E-state index contributed by atoms with van der Waals surface area (Å²) in [6, 6.07) is 0. The fourth-order valence-corrected chi connectivity index (χ4v) is 2.13. The maximum absolute atomic E-state index is 11.7. The molecule has 0 aromatic heterocycles. The van der Waals surface area contributed by atoms with E-state index in [2.05, 4.69) is 0 Å². The van der Waals surface area contributed by atoms with Crippen molar-refractivity contribution in [2.45, 2.75) is 32.2 Å². The second-order valence-corrected chi connectivity index (χ2v) is 5.74. The van der Waals surface area contributed by atoms with E-state index in [1.54, 1.807) is 18.9 Å². The third kappa shape index (κ3) is 5.01. The van der Waals surface area contributed by atoms with E-state index >= 15 is 0 Å². The van der Waals surface area contributed by atoms with Gasteiger partial charge in [0.2, 0.25) is 0 Å². The van der Waals surface area contributed by atoms with Gasteiger partial charge in [0.05, 0.1) is 12.9 Å². The molecule has 0 spiro atoms. The summed E-state index contributed by atoms with van der Waals surface area (Å²) in [5.74, 6) is -0.755. The molecule has 1 unspecified atom stereocenters. The summed E-state index contributed by atoms with van der Waals surface area (Å²) in [5.41, 5.74) is -0.867. The number of hydrogen-bond acceptors (Lipinski definition) is 5. The molecule has 0 amide bonds. The lowest BCUT2D eigenvalue weighted by Crippen LogP contribution is -2.51. The minimum atomic E-state index is -3.98. The van der Waals surface area contributed by atoms with E-state index in [0.717, 1.165) is 0 Å². The predicted molar refractivity (Wildman–Crippen MR) is 64.4 cm³/mol. The van der Waals surface area contributed by atoms with Gasteiger partial charge in [0, 0.05) is 0 Å². The molecule has 0 aliphatic heterocycles. The van der Waals surface area contributed by atoms with Crippen LogP contribution < -0.4 is 0 Å². The van der Waals surface area contributed by atoms with Crippen LogP contribution >= 0.6 is 0 Å². The monoisotopic (exact) mass is 267 g/mol. The molecule has 0 aliphatic carbocycles. The Morgan fingerprint density at radius 1 is 1.47 bits per heavy atom. The Morgan fingerprint density at radius 2 is 2.00 bits per heavy atom. The Kier molecular flexibility index (Phi) is 6.08. The largest absolute Gasteiger partial charge is 0.468 e. The lowest BCUT2D eigenvalue weighted by Gasteiger charge is -2.35. The summed E-state index contributed by atoms with van der Waals surface area (Å²) in [6.45, 7) is 4.23. The van der Waals surface area contributed by atoms with Crippen molar-refractivity contribution in [1.29, 1.82) is 0 Å². The average Bonchev–Trinajstić information content (AvgIpc) is 2.24. The fourth-order valence-electron chi connectivity index (χ4n) is 1.62. The van der Waals surface area contributed by atoms with Gasteiger partial charge in [-0.1, -0.05) is 6.92 Å². The van der Waals surface area contributed by atoms with Crippen molar-refractivity contribution in [2.24, 2.45) is 0 Å². The Balaban J connectivity index is 4.67. The van der Waals surface area contributed by atoms with Crippen LogP contribution in [0.25, 0.3) is 0 Å². The highest BCUT2D eigenvalue weighted by Gasteiger charge is 2.37. The summed E-state index contributed by atoms with van der Waals surface area (Å²) in [7, 11) is -0.915. The number of hydrogen-bond donors (Lipinski definition) is 1. The van der Waals surface area contributed by atoms with Gasteiger partial charge < -0.3 is 4.74 Å². The molecule has 17 heavy (non-hydrogen) atoms. The molecule has 0 aliphatic rings. The fraction of sp³-hybridized carbons (Fsp3) is 0.900. The molecule has 102 valence electrons. The van der Waals surface area contributed by atoms with Crippen LogP contribution in [0.15, 0.2) is 0 Å². The van der Waals surface area contributed by atoms with E-state index in [4.69, 9.17) is 9.29 Å². The minimum Gasteiger partial charge on any atom is -0.468 e. The molecule has 7 heteroatoms. The van der Waals surface area contributed by atoms with Crippen molar-refractivity contribution in [3.63, 3.8) is 0 Å². The smallest absolute Gasteiger partial charge is 0.325 e. The van der Waals surface area contributed by atoms with Crippen LogP contribution in [0.4, 0.5) is 0 Å². The number of rotatable bonds is 7. The van der Waals surface area contributed by atoms with Crippen LogP contribution in [0.1, 0.15) is 26.7 Å². The van der Waals surface area contributed by atoms with Crippen molar-refractivity contribution in [3.8, 4) is 0 Å². The summed E-state index contributed by atoms with van der Waals surface area (Å²) in [4.78, 5) is 13.5. The van der Waals surface area contributed by atoms with Gasteiger partial charge in [0.1, 0.15) is 5.54 Å². The first-order chi connectivity index (χ1) is 7.67. The summed E-state index contributed by atoms with van der Waals surface area (Å²) >= 11 is 0. The normalized spacial score (nSPS) is 15.6. The Morgan fingerprint density at radius 3 is 2.35 bits per heavy atom. The molecule has 0 saturated carbocycles. The quantitative estimate of drug-likeness (QED) is 0.535. The topological polar surface area (TPSA) is 83.9 Å². The molecule has 1 atom stereocenters. The first-order valence-corrected chi connectivity index (χ1v) is 7.03. The molecular formula is C10H21NO5S. The van der Waals surface area contributed by atoms with Crippen LogP contribution in [0.5, 0.6) is 0 Å². The predicted octanol–water partition coefficient (Wildman–Crippen LogP) is 0.538. The van der Waals surface area contributed by atoms with Gasteiger partial charge in [-0.05, 0) is 33.4 Å². The minimum absolute atomic E-state index is 0.203.